The summed E-state index contributed by atoms with van der Waals surface area (Å²) in [5, 5.41) is 0. The Morgan fingerprint density at radius 2 is 1.27 bits per heavy atom. The van der Waals surface area contributed by atoms with Crippen LogP contribution >= 0.6 is 0 Å². The highest BCUT2D eigenvalue weighted by Gasteiger charge is 2.30. The van der Waals surface area contributed by atoms with E-state index in [0.717, 1.165) is 11.1 Å². The molecule has 3 rings (SSSR count). The second-order valence-electron chi connectivity index (χ2n) is 6.71. The minimum atomic E-state index is -0.534. The average Bonchev–Trinajstić information content (AvgIpc) is 2.65. The Kier molecular flexibility index (Phi) is 5.96. The van der Waals surface area contributed by atoms with Gasteiger partial charge in [0.2, 0.25) is 5.75 Å². The number of hydrogen-bond acceptors (Lipinski definition) is 8. The monoisotopic (exact) mass is 414 g/mol. The molecule has 158 valence electrons. The molecule has 0 unspecified atom stereocenters. The molecule has 30 heavy (non-hydrogen) atoms. The van der Waals surface area contributed by atoms with Gasteiger partial charge in [-0.15, -0.1) is 0 Å². The molecule has 0 bridgehead atoms. The lowest BCUT2D eigenvalue weighted by Crippen LogP contribution is -2.13. The van der Waals surface area contributed by atoms with E-state index in [-0.39, 0.29) is 23.0 Å². The van der Waals surface area contributed by atoms with Gasteiger partial charge in [0.15, 0.2) is 11.5 Å². The number of carbonyl (C=O) groups excluding carboxylic acids is 3. The van der Waals surface area contributed by atoms with Crippen molar-refractivity contribution in [3.63, 3.8) is 0 Å². The predicted molar refractivity (Wildman–Crippen MR) is 106 cm³/mol. The Hall–Kier alpha value is -3.55. The summed E-state index contributed by atoms with van der Waals surface area (Å²) in [6, 6.07) is 4.98. The van der Waals surface area contributed by atoms with Gasteiger partial charge >= 0.3 is 17.9 Å². The van der Waals surface area contributed by atoms with Crippen LogP contribution in [-0.2, 0) is 27.2 Å². The minimum absolute atomic E-state index is 0.136. The van der Waals surface area contributed by atoms with Crippen LogP contribution in [0.3, 0.4) is 0 Å². The lowest BCUT2D eigenvalue weighted by atomic mass is 9.83. The van der Waals surface area contributed by atoms with E-state index in [1.54, 1.807) is 12.1 Å². The fourth-order valence-corrected chi connectivity index (χ4v) is 3.58. The maximum Gasteiger partial charge on any atom is 0.308 e. The van der Waals surface area contributed by atoms with Crippen LogP contribution in [0.2, 0.25) is 0 Å². The van der Waals surface area contributed by atoms with Crippen molar-refractivity contribution in [1.29, 1.82) is 0 Å². The fraction of sp³-hybridized carbons (Fsp3) is 0.318. The van der Waals surface area contributed by atoms with E-state index < -0.39 is 17.9 Å². The SMILES string of the molecule is COc1cc2c(c(OC)c1OC(C)=O)-c1c(cc(OC(C)=O)cc1OC(C)=O)CC2. The van der Waals surface area contributed by atoms with Crippen LogP contribution < -0.4 is 23.7 Å². The third-order valence-corrected chi connectivity index (χ3v) is 4.54. The number of hydrogen-bond donors (Lipinski definition) is 0. The molecule has 0 saturated carbocycles. The maximum atomic E-state index is 11.8. The summed E-state index contributed by atoms with van der Waals surface area (Å²) < 4.78 is 27.0. The zero-order valence-electron chi connectivity index (χ0n) is 17.4. The van der Waals surface area contributed by atoms with Crippen molar-refractivity contribution in [1.82, 2.24) is 0 Å². The van der Waals surface area contributed by atoms with E-state index in [2.05, 4.69) is 0 Å². The highest BCUT2D eigenvalue weighted by atomic mass is 16.6. The Balaban J connectivity index is 2.33. The van der Waals surface area contributed by atoms with E-state index >= 15 is 0 Å². The summed E-state index contributed by atoms with van der Waals surface area (Å²) in [6.45, 7) is 3.85. The summed E-state index contributed by atoms with van der Waals surface area (Å²) in [7, 11) is 2.93. The molecule has 1 aliphatic carbocycles. The highest BCUT2D eigenvalue weighted by molar-refractivity contribution is 5.90. The largest absolute Gasteiger partial charge is 0.493 e. The van der Waals surface area contributed by atoms with Gasteiger partial charge in [0.05, 0.1) is 14.2 Å². The molecule has 0 heterocycles. The molecular formula is C22H22O8. The summed E-state index contributed by atoms with van der Waals surface area (Å²) in [4.78, 5) is 34.9. The quantitative estimate of drug-likeness (QED) is 0.543. The molecule has 0 atom stereocenters. The molecule has 1 aliphatic rings. The van der Waals surface area contributed by atoms with E-state index in [1.165, 1.54) is 41.1 Å². The number of esters is 3. The number of fused-ring (bicyclic) bond motifs is 3. The molecule has 0 fully saturated rings. The first-order chi connectivity index (χ1) is 14.2. The van der Waals surface area contributed by atoms with Gasteiger partial charge in [0.1, 0.15) is 11.5 Å². The molecule has 0 amide bonds. The van der Waals surface area contributed by atoms with Crippen LogP contribution in [0, 0.1) is 0 Å². The molecule has 0 radical (unpaired) electrons. The van der Waals surface area contributed by atoms with Crippen LogP contribution in [0.25, 0.3) is 11.1 Å². The Labute approximate surface area is 173 Å². The first kappa shape index (κ1) is 21.2. The fourth-order valence-electron chi connectivity index (χ4n) is 3.58. The summed E-state index contributed by atoms with van der Waals surface area (Å²) in [5.41, 5.74) is 2.91. The van der Waals surface area contributed by atoms with Gasteiger partial charge in [0.25, 0.3) is 0 Å². The maximum absolute atomic E-state index is 11.8. The van der Waals surface area contributed by atoms with Gasteiger partial charge in [0, 0.05) is 38.0 Å². The van der Waals surface area contributed by atoms with Crippen molar-refractivity contribution in [3.8, 4) is 39.9 Å². The molecular weight excluding hydrogens is 392 g/mol. The first-order valence-corrected chi connectivity index (χ1v) is 9.25. The van der Waals surface area contributed by atoms with E-state index in [0.29, 0.717) is 29.7 Å². The van der Waals surface area contributed by atoms with Crippen molar-refractivity contribution in [2.45, 2.75) is 33.6 Å². The lowest BCUT2D eigenvalue weighted by molar-refractivity contribution is -0.133. The molecule has 0 aromatic heterocycles. The standard InChI is InChI=1S/C22H22O8/c1-11(23)28-16-8-14-6-7-15-9-18(26-4)21(30-13(3)25)22(27-5)20(15)19(14)17(10-16)29-12(2)24/h8-10H,6-7H2,1-5H3. The first-order valence-electron chi connectivity index (χ1n) is 9.25. The van der Waals surface area contributed by atoms with Crippen molar-refractivity contribution in [3.05, 3.63) is 29.3 Å². The average molecular weight is 414 g/mol. The van der Waals surface area contributed by atoms with Crippen molar-refractivity contribution in [2.75, 3.05) is 14.2 Å². The number of benzene rings is 2. The van der Waals surface area contributed by atoms with Gasteiger partial charge in [-0.2, -0.15) is 0 Å². The number of methoxy groups -OCH3 is 2. The molecule has 2 aromatic carbocycles. The summed E-state index contributed by atoms with van der Waals surface area (Å²) >= 11 is 0. The molecule has 0 aliphatic heterocycles. The zero-order chi connectivity index (χ0) is 22.0. The third-order valence-electron chi connectivity index (χ3n) is 4.54. The minimum Gasteiger partial charge on any atom is -0.493 e. The van der Waals surface area contributed by atoms with Crippen LogP contribution in [0.1, 0.15) is 31.9 Å². The van der Waals surface area contributed by atoms with Gasteiger partial charge in [-0.3, -0.25) is 14.4 Å². The zero-order valence-corrected chi connectivity index (χ0v) is 17.4. The summed E-state index contributed by atoms with van der Waals surface area (Å²) in [5.74, 6) is -0.284. The number of carbonyl (C=O) groups is 3. The Bertz CT molecular complexity index is 1040. The van der Waals surface area contributed by atoms with Crippen LogP contribution in [0.5, 0.6) is 28.7 Å². The van der Waals surface area contributed by atoms with E-state index in [1.807, 2.05) is 0 Å². The van der Waals surface area contributed by atoms with E-state index in [4.69, 9.17) is 23.7 Å². The summed E-state index contributed by atoms with van der Waals surface area (Å²) in [6.07, 6.45) is 1.23. The Morgan fingerprint density at radius 1 is 0.667 bits per heavy atom. The van der Waals surface area contributed by atoms with Crippen LogP contribution in [-0.4, -0.2) is 32.1 Å². The van der Waals surface area contributed by atoms with Gasteiger partial charge < -0.3 is 23.7 Å². The van der Waals surface area contributed by atoms with Crippen molar-refractivity contribution in [2.24, 2.45) is 0 Å². The molecule has 0 N–H and O–H groups in total. The molecule has 2 aromatic rings. The van der Waals surface area contributed by atoms with Gasteiger partial charge in [-0.25, -0.2) is 0 Å². The molecule has 0 spiro atoms. The number of rotatable bonds is 5. The van der Waals surface area contributed by atoms with Gasteiger partial charge in [-0.05, 0) is 36.1 Å². The van der Waals surface area contributed by atoms with Crippen molar-refractivity contribution >= 4 is 17.9 Å². The molecule has 0 saturated heterocycles. The predicted octanol–water partition coefficient (Wildman–Crippen LogP) is 3.25. The number of ether oxygens (including phenoxy) is 5. The third kappa shape index (κ3) is 4.07. The second kappa shape index (κ2) is 8.44. The molecule has 8 heteroatoms. The Morgan fingerprint density at radius 3 is 1.80 bits per heavy atom. The van der Waals surface area contributed by atoms with Gasteiger partial charge in [-0.1, -0.05) is 0 Å². The highest BCUT2D eigenvalue weighted by Crippen LogP contribution is 2.53. The van der Waals surface area contributed by atoms with Crippen LogP contribution in [0.4, 0.5) is 0 Å². The normalized spacial score (nSPS) is 11.6. The van der Waals surface area contributed by atoms with Crippen molar-refractivity contribution < 1.29 is 38.1 Å². The van der Waals surface area contributed by atoms with Crippen LogP contribution in [0.15, 0.2) is 18.2 Å². The van der Waals surface area contributed by atoms with E-state index in [9.17, 15) is 14.4 Å². The second-order valence-corrected chi connectivity index (χ2v) is 6.71. The number of aryl methyl sites for hydroxylation is 2. The lowest BCUT2D eigenvalue weighted by Gasteiger charge is -2.26. The topological polar surface area (TPSA) is 97.4 Å². The smallest absolute Gasteiger partial charge is 0.308 e. The molecule has 8 nitrogen and oxygen atoms in total.